The predicted octanol–water partition coefficient (Wildman–Crippen LogP) is 5.66. The number of hydrogen-bond acceptors (Lipinski definition) is 5. The summed E-state index contributed by atoms with van der Waals surface area (Å²) in [7, 11) is 3.14. The second-order valence-corrected chi connectivity index (χ2v) is 8.84. The second kappa shape index (κ2) is 9.52. The summed E-state index contributed by atoms with van der Waals surface area (Å²) in [6.07, 6.45) is -2.66. The van der Waals surface area contributed by atoms with Crippen LogP contribution >= 0.6 is 0 Å². The fourth-order valence-electron chi connectivity index (χ4n) is 3.66. The monoisotopic (exact) mass is 498 g/mol. The Kier molecular flexibility index (Phi) is 6.62. The van der Waals surface area contributed by atoms with Gasteiger partial charge >= 0.3 is 6.18 Å². The summed E-state index contributed by atoms with van der Waals surface area (Å²) in [5, 5.41) is 9.63. The van der Waals surface area contributed by atoms with Crippen LogP contribution in [0.1, 0.15) is 25.1 Å². The lowest BCUT2D eigenvalue weighted by Gasteiger charge is -2.25. The highest BCUT2D eigenvalue weighted by Crippen LogP contribution is 2.40. The van der Waals surface area contributed by atoms with Gasteiger partial charge in [0.1, 0.15) is 11.2 Å². The number of ether oxygens (including phenoxy) is 2. The first-order valence-electron chi connectivity index (χ1n) is 11.1. The van der Waals surface area contributed by atoms with Crippen LogP contribution in [0.4, 0.5) is 19.0 Å². The fourth-order valence-corrected chi connectivity index (χ4v) is 3.66. The van der Waals surface area contributed by atoms with Crippen LogP contribution in [-0.2, 0) is 16.6 Å². The zero-order valence-electron chi connectivity index (χ0n) is 20.2. The second-order valence-electron chi connectivity index (χ2n) is 8.84. The van der Waals surface area contributed by atoms with Crippen LogP contribution in [0.5, 0.6) is 11.5 Å². The van der Waals surface area contributed by atoms with Gasteiger partial charge in [-0.15, -0.1) is 0 Å². The molecule has 7 nitrogen and oxygen atoms in total. The molecule has 0 aliphatic rings. The van der Waals surface area contributed by atoms with Gasteiger partial charge in [0.15, 0.2) is 11.5 Å². The van der Waals surface area contributed by atoms with Gasteiger partial charge in [0.05, 0.1) is 31.9 Å². The number of benzene rings is 2. The predicted molar refractivity (Wildman–Crippen MR) is 130 cm³/mol. The number of hydrogen-bond donors (Lipinski definition) is 2. The molecule has 0 saturated heterocycles. The highest BCUT2D eigenvalue weighted by molar-refractivity contribution is 5.91. The number of rotatable bonds is 7. The number of anilines is 1. The van der Waals surface area contributed by atoms with Crippen molar-refractivity contribution in [3.8, 4) is 22.6 Å². The summed E-state index contributed by atoms with van der Waals surface area (Å²) in [6.45, 7) is 2.07. The molecule has 0 fully saturated rings. The molecule has 0 bridgehead atoms. The molecule has 0 unspecified atom stereocenters. The Morgan fingerprint density at radius 1 is 0.972 bits per heavy atom. The zero-order chi connectivity index (χ0) is 26.1. The summed E-state index contributed by atoms with van der Waals surface area (Å²) in [5.41, 5.74) is 0.975. The van der Waals surface area contributed by atoms with Crippen LogP contribution in [-0.4, -0.2) is 41.5 Å². The number of aromatic amines is 1. The Morgan fingerprint density at radius 3 is 2.28 bits per heavy atom. The van der Waals surface area contributed by atoms with Gasteiger partial charge in [-0.05, 0) is 37.1 Å². The Balaban J connectivity index is 1.45. The number of carbonyl (C=O) groups is 1. The van der Waals surface area contributed by atoms with Gasteiger partial charge in [-0.25, -0.2) is 0 Å². The van der Waals surface area contributed by atoms with Crippen molar-refractivity contribution >= 4 is 22.6 Å². The van der Waals surface area contributed by atoms with Crippen molar-refractivity contribution < 1.29 is 27.4 Å². The summed E-state index contributed by atoms with van der Waals surface area (Å²) in [5.74, 6) is 0.939. The fraction of sp³-hybridized carbons (Fsp3) is 0.269. The molecule has 0 atom stereocenters. The van der Waals surface area contributed by atoms with Crippen LogP contribution < -0.4 is 14.8 Å². The maximum Gasteiger partial charge on any atom is 0.399 e. The van der Waals surface area contributed by atoms with E-state index in [1.54, 1.807) is 20.4 Å². The molecule has 10 heteroatoms. The molecular formula is C26H25F3N4O3. The van der Waals surface area contributed by atoms with Crippen LogP contribution in [0.3, 0.4) is 0 Å². The third-order valence-corrected chi connectivity index (χ3v) is 6.04. The molecule has 2 heterocycles. The number of nitrogens with zero attached hydrogens (tertiary/aromatic N) is 2. The number of halogens is 3. The van der Waals surface area contributed by atoms with Crippen molar-refractivity contribution in [3.63, 3.8) is 0 Å². The van der Waals surface area contributed by atoms with Crippen LogP contribution in [0.25, 0.3) is 22.0 Å². The van der Waals surface area contributed by atoms with E-state index in [9.17, 15) is 18.0 Å². The first kappa shape index (κ1) is 25.0. The van der Waals surface area contributed by atoms with Crippen molar-refractivity contribution in [2.45, 2.75) is 31.9 Å². The maximum absolute atomic E-state index is 13.2. The average Bonchev–Trinajstić information content (AvgIpc) is 3.31. The van der Waals surface area contributed by atoms with E-state index in [1.165, 1.54) is 6.07 Å². The molecule has 36 heavy (non-hydrogen) atoms. The third-order valence-electron chi connectivity index (χ3n) is 6.04. The standard InChI is InChI=1S/C26H25F3N4O3/c1-25(2,26(27,28)29)22-13-23(33-32-22)31-24(34)9-15-5-7-16(8-6-15)18-10-17-11-20(35-3)21(36-4)12-19(17)30-14-18/h5-8,10-14H,9H2,1-4H3,(H2,31,32,33,34). The normalized spacial score (nSPS) is 12.0. The number of pyridine rings is 1. The van der Waals surface area contributed by atoms with Crippen molar-refractivity contribution in [2.75, 3.05) is 19.5 Å². The van der Waals surface area contributed by atoms with Crippen molar-refractivity contribution in [1.29, 1.82) is 0 Å². The van der Waals surface area contributed by atoms with E-state index < -0.39 is 11.6 Å². The van der Waals surface area contributed by atoms with Gasteiger partial charge in [0, 0.05) is 29.3 Å². The first-order chi connectivity index (χ1) is 17.0. The number of aromatic nitrogens is 3. The summed E-state index contributed by atoms with van der Waals surface area (Å²) in [6, 6.07) is 14.3. The minimum atomic E-state index is -4.47. The number of nitrogens with one attached hydrogen (secondary N) is 2. The van der Waals surface area contributed by atoms with E-state index in [-0.39, 0.29) is 23.8 Å². The minimum Gasteiger partial charge on any atom is -0.493 e. The van der Waals surface area contributed by atoms with E-state index >= 15 is 0 Å². The SMILES string of the molecule is COc1cc2cc(-c3ccc(CC(=O)Nc4cc(C(C)(C)C(F)(F)F)n[nH]4)cc3)cnc2cc1OC. The minimum absolute atomic E-state index is 0.0459. The van der Waals surface area contributed by atoms with Gasteiger partial charge in [-0.3, -0.25) is 14.9 Å². The largest absolute Gasteiger partial charge is 0.493 e. The van der Waals surface area contributed by atoms with Crippen LogP contribution in [0.15, 0.2) is 54.7 Å². The van der Waals surface area contributed by atoms with Gasteiger partial charge in [-0.1, -0.05) is 24.3 Å². The Morgan fingerprint density at radius 2 is 1.64 bits per heavy atom. The lowest BCUT2D eigenvalue weighted by atomic mass is 9.89. The molecule has 188 valence electrons. The first-order valence-corrected chi connectivity index (χ1v) is 11.1. The topological polar surface area (TPSA) is 89.1 Å². The zero-order valence-corrected chi connectivity index (χ0v) is 20.2. The van der Waals surface area contributed by atoms with Crippen LogP contribution in [0.2, 0.25) is 0 Å². The molecule has 0 aliphatic heterocycles. The van der Waals surface area contributed by atoms with Crippen molar-refractivity contribution in [3.05, 3.63) is 66.0 Å². The molecule has 0 spiro atoms. The van der Waals surface area contributed by atoms with E-state index in [1.807, 2.05) is 42.5 Å². The number of fused-ring (bicyclic) bond motifs is 1. The van der Waals surface area contributed by atoms with Gasteiger partial charge < -0.3 is 14.8 Å². The number of H-pyrrole nitrogens is 1. The number of alkyl halides is 3. The lowest BCUT2D eigenvalue weighted by molar-refractivity contribution is -0.181. The van der Waals surface area contributed by atoms with E-state index in [0.717, 1.165) is 41.4 Å². The molecular weight excluding hydrogens is 473 g/mol. The summed E-state index contributed by atoms with van der Waals surface area (Å²) >= 11 is 0. The molecule has 0 aliphatic carbocycles. The van der Waals surface area contributed by atoms with Crippen molar-refractivity contribution in [1.82, 2.24) is 15.2 Å². The maximum atomic E-state index is 13.2. The van der Waals surface area contributed by atoms with Crippen LogP contribution in [0, 0.1) is 0 Å². The Labute approximate surface area is 205 Å². The quantitative estimate of drug-likeness (QED) is 0.343. The number of carbonyl (C=O) groups excluding carboxylic acids is 1. The van der Waals surface area contributed by atoms with Gasteiger partial charge in [0.2, 0.25) is 5.91 Å². The summed E-state index contributed by atoms with van der Waals surface area (Å²) < 4.78 is 50.4. The van der Waals surface area contributed by atoms with E-state index in [4.69, 9.17) is 9.47 Å². The highest BCUT2D eigenvalue weighted by Gasteiger charge is 2.50. The number of amides is 1. The number of methoxy groups -OCH3 is 2. The summed E-state index contributed by atoms with van der Waals surface area (Å²) in [4.78, 5) is 17.0. The smallest absolute Gasteiger partial charge is 0.399 e. The molecule has 2 N–H and O–H groups in total. The molecule has 4 aromatic rings. The highest BCUT2D eigenvalue weighted by atomic mass is 19.4. The molecule has 2 aromatic carbocycles. The Hall–Kier alpha value is -4.08. The molecule has 0 saturated carbocycles. The van der Waals surface area contributed by atoms with Gasteiger partial charge in [0.25, 0.3) is 0 Å². The molecule has 2 aromatic heterocycles. The van der Waals surface area contributed by atoms with E-state index in [2.05, 4.69) is 20.5 Å². The van der Waals surface area contributed by atoms with Crippen molar-refractivity contribution in [2.24, 2.45) is 0 Å². The van der Waals surface area contributed by atoms with E-state index in [0.29, 0.717) is 11.5 Å². The third kappa shape index (κ3) is 4.98. The average molecular weight is 499 g/mol. The molecule has 0 radical (unpaired) electrons. The lowest BCUT2D eigenvalue weighted by Crippen LogP contribution is -2.36. The Bertz CT molecular complexity index is 1400. The van der Waals surface area contributed by atoms with Gasteiger partial charge in [-0.2, -0.15) is 18.3 Å². The molecule has 4 rings (SSSR count). The molecule has 1 amide bonds.